The summed E-state index contributed by atoms with van der Waals surface area (Å²) in [7, 11) is 0. The van der Waals surface area contributed by atoms with Crippen LogP contribution in [0.4, 0.5) is 0 Å². The Bertz CT molecular complexity index is 442. The van der Waals surface area contributed by atoms with E-state index in [0.717, 1.165) is 0 Å². The van der Waals surface area contributed by atoms with Crippen LogP contribution in [0.5, 0.6) is 0 Å². The predicted octanol–water partition coefficient (Wildman–Crippen LogP) is 1.31. The first kappa shape index (κ1) is 14.1. The first-order chi connectivity index (χ1) is 8.90. The third kappa shape index (κ3) is 2.40. The maximum absolute atomic E-state index is 11.8. The van der Waals surface area contributed by atoms with Gasteiger partial charge in [0, 0.05) is 31.2 Å². The highest BCUT2D eigenvalue weighted by molar-refractivity contribution is 5.92. The van der Waals surface area contributed by atoms with Gasteiger partial charge in [0.15, 0.2) is 0 Å². The number of aromatic amines is 1. The van der Waals surface area contributed by atoms with Gasteiger partial charge in [0.05, 0.1) is 11.7 Å². The van der Waals surface area contributed by atoms with Gasteiger partial charge in [-0.05, 0) is 19.1 Å². The van der Waals surface area contributed by atoms with E-state index in [-0.39, 0.29) is 24.0 Å². The first-order valence-corrected chi connectivity index (χ1v) is 6.66. The van der Waals surface area contributed by atoms with Crippen LogP contribution >= 0.6 is 0 Å². The largest absolute Gasteiger partial charge is 0.387 e. The fourth-order valence-corrected chi connectivity index (χ4v) is 2.56. The molecule has 1 saturated carbocycles. The van der Waals surface area contributed by atoms with Crippen molar-refractivity contribution in [3.8, 4) is 0 Å². The summed E-state index contributed by atoms with van der Waals surface area (Å²) in [6.45, 7) is 6.76. The lowest BCUT2D eigenvalue weighted by atomic mass is 9.56. The highest BCUT2D eigenvalue weighted by Gasteiger charge is 2.59. The number of carbonyl (C=O) groups is 1. The van der Waals surface area contributed by atoms with Crippen LogP contribution in [0.2, 0.25) is 0 Å². The zero-order valence-corrected chi connectivity index (χ0v) is 11.7. The molecule has 106 valence electrons. The summed E-state index contributed by atoms with van der Waals surface area (Å²) in [5.74, 6) is -0.200. The lowest BCUT2D eigenvalue weighted by molar-refractivity contribution is -0.237. The topological polar surface area (TPSA) is 74.3 Å². The normalized spacial score (nSPS) is 28.7. The molecule has 0 radical (unpaired) electrons. The number of amides is 1. The van der Waals surface area contributed by atoms with Crippen LogP contribution in [0.1, 0.15) is 37.7 Å². The summed E-state index contributed by atoms with van der Waals surface area (Å²) in [5, 5.41) is 13.3. The molecule has 2 rings (SSSR count). The van der Waals surface area contributed by atoms with E-state index in [1.807, 2.05) is 20.8 Å². The molecular formula is C14H22N2O3. The van der Waals surface area contributed by atoms with Crippen molar-refractivity contribution in [3.05, 3.63) is 24.0 Å². The molecule has 5 nitrogen and oxygen atoms in total. The molecule has 1 aromatic rings. The standard InChI is InChI=1S/C14H22N2O3/c1-4-19-11-8-14(18,13(11,2)3)9-16-12(17)10-6-5-7-15-10/h5-7,11,15,18H,4,8-9H2,1-3H3,(H,16,17)/t11-,14-/m1/s1. The zero-order chi connectivity index (χ0) is 14.1. The Hall–Kier alpha value is -1.33. The second-order valence-corrected chi connectivity index (χ2v) is 5.67. The maximum Gasteiger partial charge on any atom is 0.267 e. The third-order valence-corrected chi connectivity index (χ3v) is 4.28. The van der Waals surface area contributed by atoms with Gasteiger partial charge >= 0.3 is 0 Å². The van der Waals surface area contributed by atoms with Crippen molar-refractivity contribution >= 4 is 5.91 Å². The Balaban J connectivity index is 1.91. The Morgan fingerprint density at radius 3 is 2.89 bits per heavy atom. The Morgan fingerprint density at radius 1 is 1.63 bits per heavy atom. The molecule has 2 atom stereocenters. The molecule has 0 saturated heterocycles. The minimum atomic E-state index is -0.908. The van der Waals surface area contributed by atoms with Gasteiger partial charge in [-0.25, -0.2) is 0 Å². The molecule has 19 heavy (non-hydrogen) atoms. The van der Waals surface area contributed by atoms with Crippen molar-refractivity contribution in [3.63, 3.8) is 0 Å². The number of aliphatic hydroxyl groups is 1. The number of ether oxygens (including phenoxy) is 1. The van der Waals surface area contributed by atoms with Gasteiger partial charge in [0.1, 0.15) is 5.69 Å². The van der Waals surface area contributed by atoms with Gasteiger partial charge in [0.25, 0.3) is 5.91 Å². The Morgan fingerprint density at radius 2 is 2.37 bits per heavy atom. The Kier molecular flexibility index (Phi) is 3.69. The lowest BCUT2D eigenvalue weighted by Gasteiger charge is -2.57. The fourth-order valence-electron chi connectivity index (χ4n) is 2.56. The van der Waals surface area contributed by atoms with E-state index in [2.05, 4.69) is 10.3 Å². The molecule has 5 heteroatoms. The van der Waals surface area contributed by atoms with Crippen LogP contribution in [-0.4, -0.2) is 40.9 Å². The van der Waals surface area contributed by atoms with E-state index < -0.39 is 5.60 Å². The molecule has 3 N–H and O–H groups in total. The molecule has 0 aliphatic heterocycles. The van der Waals surface area contributed by atoms with Crippen LogP contribution in [-0.2, 0) is 4.74 Å². The number of aromatic nitrogens is 1. The maximum atomic E-state index is 11.8. The van der Waals surface area contributed by atoms with Crippen molar-refractivity contribution in [2.45, 2.75) is 38.9 Å². The van der Waals surface area contributed by atoms with E-state index in [4.69, 9.17) is 4.74 Å². The molecule has 1 fully saturated rings. The summed E-state index contributed by atoms with van der Waals surface area (Å²) in [4.78, 5) is 14.7. The SMILES string of the molecule is CCO[C@@H]1C[C@@](O)(CNC(=O)c2ccc[nH]2)C1(C)C. The quantitative estimate of drug-likeness (QED) is 0.752. The van der Waals surface area contributed by atoms with Gasteiger partial charge in [0.2, 0.25) is 0 Å². The second-order valence-electron chi connectivity index (χ2n) is 5.67. The van der Waals surface area contributed by atoms with E-state index >= 15 is 0 Å². The summed E-state index contributed by atoms with van der Waals surface area (Å²) in [6, 6.07) is 3.47. The first-order valence-electron chi connectivity index (χ1n) is 6.66. The van der Waals surface area contributed by atoms with Crippen LogP contribution in [0.3, 0.4) is 0 Å². The van der Waals surface area contributed by atoms with Gasteiger partial charge in [-0.3, -0.25) is 4.79 Å². The van der Waals surface area contributed by atoms with Crippen molar-refractivity contribution in [1.82, 2.24) is 10.3 Å². The molecule has 1 amide bonds. The van der Waals surface area contributed by atoms with Crippen molar-refractivity contribution in [1.29, 1.82) is 0 Å². The summed E-state index contributed by atoms with van der Waals surface area (Å²) in [5.41, 5.74) is -0.761. The van der Waals surface area contributed by atoms with Crippen LogP contribution < -0.4 is 5.32 Å². The summed E-state index contributed by atoms with van der Waals surface area (Å²) >= 11 is 0. The molecule has 0 spiro atoms. The highest BCUT2D eigenvalue weighted by Crippen LogP contribution is 2.50. The zero-order valence-electron chi connectivity index (χ0n) is 11.7. The lowest BCUT2D eigenvalue weighted by Crippen LogP contribution is -2.68. The molecule has 1 aromatic heterocycles. The van der Waals surface area contributed by atoms with Gasteiger partial charge in [-0.1, -0.05) is 13.8 Å². The molecule has 1 aliphatic rings. The molecule has 0 bridgehead atoms. The minimum absolute atomic E-state index is 0.0462. The number of rotatable bonds is 5. The van der Waals surface area contributed by atoms with E-state index in [1.165, 1.54) is 0 Å². The molecule has 0 unspecified atom stereocenters. The highest BCUT2D eigenvalue weighted by atomic mass is 16.5. The average Bonchev–Trinajstić information content (AvgIpc) is 2.89. The molecule has 1 heterocycles. The van der Waals surface area contributed by atoms with Crippen LogP contribution in [0.15, 0.2) is 18.3 Å². The molecule has 1 aliphatic carbocycles. The smallest absolute Gasteiger partial charge is 0.267 e. The fraction of sp³-hybridized carbons (Fsp3) is 0.643. The van der Waals surface area contributed by atoms with Gasteiger partial charge in [-0.15, -0.1) is 0 Å². The number of carbonyl (C=O) groups excluding carboxylic acids is 1. The number of nitrogens with one attached hydrogen (secondary N) is 2. The third-order valence-electron chi connectivity index (χ3n) is 4.28. The predicted molar refractivity (Wildman–Crippen MR) is 71.9 cm³/mol. The van der Waals surface area contributed by atoms with Crippen LogP contribution in [0.25, 0.3) is 0 Å². The van der Waals surface area contributed by atoms with E-state index in [9.17, 15) is 9.90 Å². The van der Waals surface area contributed by atoms with Gasteiger partial charge in [-0.2, -0.15) is 0 Å². The summed E-state index contributed by atoms with van der Waals surface area (Å²) in [6.07, 6.45) is 2.30. The molecule has 0 aromatic carbocycles. The van der Waals surface area contributed by atoms with Crippen LogP contribution in [0, 0.1) is 5.41 Å². The summed E-state index contributed by atoms with van der Waals surface area (Å²) < 4.78 is 5.59. The number of hydrogen-bond acceptors (Lipinski definition) is 3. The number of hydrogen-bond donors (Lipinski definition) is 3. The average molecular weight is 266 g/mol. The van der Waals surface area contributed by atoms with E-state index in [1.54, 1.807) is 18.3 Å². The monoisotopic (exact) mass is 266 g/mol. The Labute approximate surface area is 113 Å². The van der Waals surface area contributed by atoms with Crippen molar-refractivity contribution in [2.24, 2.45) is 5.41 Å². The minimum Gasteiger partial charge on any atom is -0.387 e. The van der Waals surface area contributed by atoms with E-state index in [0.29, 0.717) is 18.7 Å². The van der Waals surface area contributed by atoms with Crippen molar-refractivity contribution in [2.75, 3.05) is 13.2 Å². The number of H-pyrrole nitrogens is 1. The second kappa shape index (κ2) is 4.98. The van der Waals surface area contributed by atoms with Gasteiger partial charge < -0.3 is 20.1 Å². The molecular weight excluding hydrogens is 244 g/mol. The van der Waals surface area contributed by atoms with Crippen molar-refractivity contribution < 1.29 is 14.6 Å².